The molecule has 1 amide bonds. The van der Waals surface area contributed by atoms with E-state index in [2.05, 4.69) is 20.9 Å². The highest BCUT2D eigenvalue weighted by atomic mass is 16.3. The predicted molar refractivity (Wildman–Crippen MR) is 88.4 cm³/mol. The molecule has 1 aliphatic carbocycles. The minimum atomic E-state index is -0.232. The van der Waals surface area contributed by atoms with Crippen LogP contribution >= 0.6 is 0 Å². The maximum atomic E-state index is 11.7. The number of guanidine groups is 1. The molecule has 4 N–H and O–H groups in total. The number of nitrogens with zero attached hydrogens (tertiary/aromatic N) is 1. The quantitative estimate of drug-likeness (QED) is 0.354. The van der Waals surface area contributed by atoms with Gasteiger partial charge in [-0.05, 0) is 44.7 Å². The van der Waals surface area contributed by atoms with Crippen molar-refractivity contribution in [2.45, 2.75) is 44.8 Å². The number of hydrogen-bond donors (Lipinski definition) is 4. The van der Waals surface area contributed by atoms with Gasteiger partial charge in [-0.25, -0.2) is 0 Å². The summed E-state index contributed by atoms with van der Waals surface area (Å²) in [5.74, 6) is 0.824. The molecule has 7 heteroatoms. The number of amides is 1. The Morgan fingerprint density at radius 3 is 2.78 bits per heavy atom. The first kappa shape index (κ1) is 17.3. The molecule has 0 aliphatic heterocycles. The van der Waals surface area contributed by atoms with Gasteiger partial charge < -0.3 is 25.5 Å². The Hall–Kier alpha value is -2.02. The van der Waals surface area contributed by atoms with Crippen LogP contribution < -0.4 is 16.0 Å². The van der Waals surface area contributed by atoms with Crippen LogP contribution in [0.3, 0.4) is 0 Å². The molecule has 0 radical (unpaired) electrons. The summed E-state index contributed by atoms with van der Waals surface area (Å²) in [5, 5.41) is 18.9. The summed E-state index contributed by atoms with van der Waals surface area (Å²) in [6, 6.07) is 3.65. The summed E-state index contributed by atoms with van der Waals surface area (Å²) >= 11 is 0. The van der Waals surface area contributed by atoms with Crippen LogP contribution in [0.25, 0.3) is 0 Å². The molecule has 2 rings (SSSR count). The number of carbonyl (C=O) groups excluding carboxylic acids is 1. The minimum absolute atomic E-state index is 0.163. The zero-order valence-electron chi connectivity index (χ0n) is 13.5. The molecule has 1 saturated carbocycles. The van der Waals surface area contributed by atoms with E-state index in [0.717, 1.165) is 38.2 Å². The van der Waals surface area contributed by atoms with Crippen molar-refractivity contribution in [3.63, 3.8) is 0 Å². The summed E-state index contributed by atoms with van der Waals surface area (Å²) in [7, 11) is 0. The largest absolute Gasteiger partial charge is 0.459 e. The van der Waals surface area contributed by atoms with Crippen molar-refractivity contribution in [3.8, 4) is 0 Å². The summed E-state index contributed by atoms with van der Waals surface area (Å²) in [6.45, 7) is 3.72. The lowest BCUT2D eigenvalue weighted by molar-refractivity contribution is 0.0927. The number of rotatable bonds is 6. The third kappa shape index (κ3) is 5.94. The second kappa shape index (κ2) is 9.19. The SMILES string of the molecule is CCNC(=NCCNC(=O)c1ccco1)NC1CCC(O)CC1. The molecule has 1 aromatic heterocycles. The fraction of sp³-hybridized carbons (Fsp3) is 0.625. The Balaban J connectivity index is 1.73. The Morgan fingerprint density at radius 1 is 1.35 bits per heavy atom. The van der Waals surface area contributed by atoms with Crippen molar-refractivity contribution in [1.82, 2.24) is 16.0 Å². The van der Waals surface area contributed by atoms with Crippen LogP contribution in [0.5, 0.6) is 0 Å². The molecule has 1 aromatic rings. The number of aliphatic hydroxyl groups is 1. The van der Waals surface area contributed by atoms with E-state index < -0.39 is 0 Å². The van der Waals surface area contributed by atoms with E-state index in [1.807, 2.05) is 6.92 Å². The van der Waals surface area contributed by atoms with Crippen molar-refractivity contribution in [1.29, 1.82) is 0 Å². The van der Waals surface area contributed by atoms with Gasteiger partial charge in [0.15, 0.2) is 11.7 Å². The Labute approximate surface area is 136 Å². The number of carbonyl (C=O) groups is 1. The first-order chi connectivity index (χ1) is 11.2. The fourth-order valence-corrected chi connectivity index (χ4v) is 2.57. The molecule has 0 bridgehead atoms. The number of aliphatic hydroxyl groups excluding tert-OH is 1. The van der Waals surface area contributed by atoms with Crippen molar-refractivity contribution in [3.05, 3.63) is 24.2 Å². The van der Waals surface area contributed by atoms with E-state index in [1.165, 1.54) is 6.26 Å². The molecule has 0 spiro atoms. The van der Waals surface area contributed by atoms with E-state index in [0.29, 0.717) is 24.9 Å². The van der Waals surface area contributed by atoms with Crippen LogP contribution in [0.1, 0.15) is 43.2 Å². The van der Waals surface area contributed by atoms with E-state index >= 15 is 0 Å². The normalized spacial score (nSPS) is 21.7. The van der Waals surface area contributed by atoms with Crippen molar-refractivity contribution in [2.24, 2.45) is 4.99 Å². The standard InChI is InChI=1S/C16H26N4O3/c1-2-17-16(20-12-5-7-13(21)8-6-12)19-10-9-18-15(22)14-4-3-11-23-14/h3-4,11-13,21H,2,5-10H2,1H3,(H,18,22)(H2,17,19,20). The minimum Gasteiger partial charge on any atom is -0.459 e. The van der Waals surface area contributed by atoms with Crippen LogP contribution in [0.4, 0.5) is 0 Å². The highest BCUT2D eigenvalue weighted by molar-refractivity contribution is 5.91. The third-order valence-electron chi connectivity index (χ3n) is 3.79. The average Bonchev–Trinajstić information content (AvgIpc) is 3.08. The van der Waals surface area contributed by atoms with Gasteiger partial charge in [0.05, 0.1) is 18.9 Å². The highest BCUT2D eigenvalue weighted by Crippen LogP contribution is 2.18. The number of nitrogens with one attached hydrogen (secondary N) is 3. The zero-order chi connectivity index (χ0) is 16.5. The fourth-order valence-electron chi connectivity index (χ4n) is 2.57. The maximum Gasteiger partial charge on any atom is 0.287 e. The molecule has 1 fully saturated rings. The molecule has 1 heterocycles. The molecule has 23 heavy (non-hydrogen) atoms. The summed E-state index contributed by atoms with van der Waals surface area (Å²) in [5.41, 5.74) is 0. The lowest BCUT2D eigenvalue weighted by atomic mass is 9.93. The number of aliphatic imine (C=N–C) groups is 1. The topological polar surface area (TPSA) is 98.9 Å². The van der Waals surface area contributed by atoms with Gasteiger partial charge in [0.25, 0.3) is 5.91 Å². The zero-order valence-corrected chi connectivity index (χ0v) is 13.5. The van der Waals surface area contributed by atoms with Crippen molar-refractivity contribution < 1.29 is 14.3 Å². The van der Waals surface area contributed by atoms with Crippen LogP contribution in [-0.4, -0.2) is 48.8 Å². The van der Waals surface area contributed by atoms with Gasteiger partial charge in [0, 0.05) is 19.1 Å². The molecule has 0 atom stereocenters. The number of hydrogen-bond acceptors (Lipinski definition) is 4. The van der Waals surface area contributed by atoms with Gasteiger partial charge in [-0.1, -0.05) is 0 Å². The maximum absolute atomic E-state index is 11.7. The first-order valence-electron chi connectivity index (χ1n) is 8.23. The van der Waals surface area contributed by atoms with Crippen molar-refractivity contribution >= 4 is 11.9 Å². The lowest BCUT2D eigenvalue weighted by Gasteiger charge is -2.27. The van der Waals surface area contributed by atoms with E-state index in [-0.39, 0.29) is 12.0 Å². The van der Waals surface area contributed by atoms with Crippen LogP contribution in [-0.2, 0) is 0 Å². The Morgan fingerprint density at radius 2 is 2.13 bits per heavy atom. The molecule has 0 unspecified atom stereocenters. The summed E-state index contributed by atoms with van der Waals surface area (Å²) in [6.07, 6.45) is 4.86. The van der Waals surface area contributed by atoms with E-state index in [4.69, 9.17) is 4.42 Å². The van der Waals surface area contributed by atoms with Crippen LogP contribution in [0.2, 0.25) is 0 Å². The highest BCUT2D eigenvalue weighted by Gasteiger charge is 2.19. The molecular formula is C16H26N4O3. The predicted octanol–water partition coefficient (Wildman–Crippen LogP) is 0.868. The first-order valence-corrected chi connectivity index (χ1v) is 8.23. The Kier molecular flexibility index (Phi) is 6.93. The smallest absolute Gasteiger partial charge is 0.287 e. The third-order valence-corrected chi connectivity index (χ3v) is 3.79. The molecular weight excluding hydrogens is 296 g/mol. The van der Waals surface area contributed by atoms with Gasteiger partial charge in [-0.15, -0.1) is 0 Å². The van der Waals surface area contributed by atoms with E-state index in [1.54, 1.807) is 12.1 Å². The molecule has 0 saturated heterocycles. The molecule has 0 aromatic carbocycles. The second-order valence-corrected chi connectivity index (χ2v) is 5.64. The lowest BCUT2D eigenvalue weighted by Crippen LogP contribution is -2.45. The monoisotopic (exact) mass is 322 g/mol. The van der Waals surface area contributed by atoms with Gasteiger partial charge in [0.2, 0.25) is 0 Å². The summed E-state index contributed by atoms with van der Waals surface area (Å²) < 4.78 is 5.03. The summed E-state index contributed by atoms with van der Waals surface area (Å²) in [4.78, 5) is 16.2. The van der Waals surface area contributed by atoms with Gasteiger partial charge in [-0.3, -0.25) is 9.79 Å². The Bertz CT molecular complexity index is 493. The van der Waals surface area contributed by atoms with Crippen LogP contribution in [0, 0.1) is 0 Å². The van der Waals surface area contributed by atoms with Crippen molar-refractivity contribution in [2.75, 3.05) is 19.6 Å². The number of furan rings is 1. The second-order valence-electron chi connectivity index (χ2n) is 5.64. The molecule has 128 valence electrons. The van der Waals surface area contributed by atoms with Gasteiger partial charge in [0.1, 0.15) is 0 Å². The van der Waals surface area contributed by atoms with Gasteiger partial charge >= 0.3 is 0 Å². The molecule has 7 nitrogen and oxygen atoms in total. The van der Waals surface area contributed by atoms with Crippen LogP contribution in [0.15, 0.2) is 27.8 Å². The average molecular weight is 322 g/mol. The van der Waals surface area contributed by atoms with E-state index in [9.17, 15) is 9.90 Å². The van der Waals surface area contributed by atoms with Gasteiger partial charge in [-0.2, -0.15) is 0 Å². The molecule has 1 aliphatic rings.